The molecule has 0 fully saturated rings. The Morgan fingerprint density at radius 2 is 2.00 bits per heavy atom. The standard InChI is InChI=1S/C12H16N2/c1-2-12(10-14,8-9-13)11-6-4-3-5-7-11/h3-7H,2,8-9,13H2,1H3. The number of hydrogen-bond donors (Lipinski definition) is 1. The fourth-order valence-corrected chi connectivity index (χ4v) is 1.73. The second kappa shape index (κ2) is 4.78. The molecule has 0 aromatic heterocycles. The highest BCUT2D eigenvalue weighted by atomic mass is 14.5. The lowest BCUT2D eigenvalue weighted by Gasteiger charge is -2.24. The predicted molar refractivity (Wildman–Crippen MR) is 57.7 cm³/mol. The van der Waals surface area contributed by atoms with Gasteiger partial charge in [0.2, 0.25) is 0 Å². The zero-order valence-electron chi connectivity index (χ0n) is 8.53. The van der Waals surface area contributed by atoms with E-state index in [9.17, 15) is 5.26 Å². The minimum Gasteiger partial charge on any atom is -0.330 e. The molecule has 0 aliphatic carbocycles. The molecule has 0 bridgehead atoms. The molecule has 1 rings (SSSR count). The van der Waals surface area contributed by atoms with Crippen molar-refractivity contribution < 1.29 is 0 Å². The highest BCUT2D eigenvalue weighted by molar-refractivity contribution is 5.32. The summed E-state index contributed by atoms with van der Waals surface area (Å²) >= 11 is 0. The van der Waals surface area contributed by atoms with Crippen LogP contribution in [-0.2, 0) is 5.41 Å². The molecule has 0 heterocycles. The maximum Gasteiger partial charge on any atom is 0.0831 e. The van der Waals surface area contributed by atoms with Gasteiger partial charge in [0.05, 0.1) is 11.5 Å². The van der Waals surface area contributed by atoms with Gasteiger partial charge in [0.25, 0.3) is 0 Å². The quantitative estimate of drug-likeness (QED) is 0.787. The smallest absolute Gasteiger partial charge is 0.0831 e. The Kier molecular flexibility index (Phi) is 3.67. The molecule has 2 N–H and O–H groups in total. The molecule has 1 aromatic carbocycles. The summed E-state index contributed by atoms with van der Waals surface area (Å²) in [6.45, 7) is 2.59. The van der Waals surface area contributed by atoms with Gasteiger partial charge < -0.3 is 5.73 Å². The van der Waals surface area contributed by atoms with E-state index in [1.165, 1.54) is 0 Å². The van der Waals surface area contributed by atoms with Crippen molar-refractivity contribution in [3.8, 4) is 6.07 Å². The van der Waals surface area contributed by atoms with Crippen LogP contribution < -0.4 is 5.73 Å². The summed E-state index contributed by atoms with van der Waals surface area (Å²) in [7, 11) is 0. The van der Waals surface area contributed by atoms with Crippen LogP contribution in [0, 0.1) is 11.3 Å². The van der Waals surface area contributed by atoms with Gasteiger partial charge in [-0.3, -0.25) is 0 Å². The van der Waals surface area contributed by atoms with Crippen molar-refractivity contribution in [3.05, 3.63) is 35.9 Å². The summed E-state index contributed by atoms with van der Waals surface area (Å²) in [5.41, 5.74) is 6.24. The Morgan fingerprint density at radius 3 is 2.43 bits per heavy atom. The van der Waals surface area contributed by atoms with Crippen molar-refractivity contribution in [1.29, 1.82) is 5.26 Å². The first kappa shape index (κ1) is 10.7. The highest BCUT2D eigenvalue weighted by Crippen LogP contribution is 2.30. The number of nitrogens with zero attached hydrogens (tertiary/aromatic N) is 1. The van der Waals surface area contributed by atoms with E-state index < -0.39 is 5.41 Å². The highest BCUT2D eigenvalue weighted by Gasteiger charge is 2.28. The summed E-state index contributed by atoms with van der Waals surface area (Å²) < 4.78 is 0. The molecule has 0 radical (unpaired) electrons. The van der Waals surface area contributed by atoms with Crippen molar-refractivity contribution in [2.45, 2.75) is 25.2 Å². The topological polar surface area (TPSA) is 49.8 Å². The van der Waals surface area contributed by atoms with Crippen molar-refractivity contribution in [2.24, 2.45) is 5.73 Å². The number of nitriles is 1. The normalized spacial score (nSPS) is 14.4. The second-order valence-corrected chi connectivity index (χ2v) is 3.45. The Labute approximate surface area is 85.4 Å². The van der Waals surface area contributed by atoms with E-state index in [0.29, 0.717) is 6.54 Å². The van der Waals surface area contributed by atoms with Gasteiger partial charge in [-0.1, -0.05) is 37.3 Å². The van der Waals surface area contributed by atoms with Gasteiger partial charge in [0, 0.05) is 0 Å². The average Bonchev–Trinajstić information content (AvgIpc) is 2.27. The fraction of sp³-hybridized carbons (Fsp3) is 0.417. The molecule has 0 saturated heterocycles. The van der Waals surface area contributed by atoms with Gasteiger partial charge in [-0.2, -0.15) is 5.26 Å². The first-order valence-corrected chi connectivity index (χ1v) is 4.96. The lowest BCUT2D eigenvalue weighted by molar-refractivity contribution is 0.493. The van der Waals surface area contributed by atoms with Crippen LogP contribution >= 0.6 is 0 Å². The van der Waals surface area contributed by atoms with Crippen LogP contribution in [-0.4, -0.2) is 6.54 Å². The molecule has 2 heteroatoms. The van der Waals surface area contributed by atoms with Gasteiger partial charge in [0.1, 0.15) is 0 Å². The number of rotatable bonds is 4. The average molecular weight is 188 g/mol. The second-order valence-electron chi connectivity index (χ2n) is 3.45. The first-order chi connectivity index (χ1) is 6.79. The third-order valence-corrected chi connectivity index (χ3v) is 2.72. The summed E-state index contributed by atoms with van der Waals surface area (Å²) in [4.78, 5) is 0. The molecule has 14 heavy (non-hydrogen) atoms. The predicted octanol–water partition coefficient (Wildman–Crippen LogP) is 2.21. The van der Waals surface area contributed by atoms with Crippen molar-refractivity contribution >= 4 is 0 Å². The molecule has 1 aromatic rings. The fourth-order valence-electron chi connectivity index (χ4n) is 1.73. The maximum absolute atomic E-state index is 9.26. The molecule has 0 aliphatic rings. The molecular weight excluding hydrogens is 172 g/mol. The van der Waals surface area contributed by atoms with E-state index >= 15 is 0 Å². The zero-order valence-corrected chi connectivity index (χ0v) is 8.53. The van der Waals surface area contributed by atoms with E-state index in [4.69, 9.17) is 5.73 Å². The zero-order chi connectivity index (χ0) is 10.4. The Morgan fingerprint density at radius 1 is 1.36 bits per heavy atom. The molecule has 0 spiro atoms. The summed E-state index contributed by atoms with van der Waals surface area (Å²) in [6, 6.07) is 12.3. The minimum atomic E-state index is -0.393. The summed E-state index contributed by atoms with van der Waals surface area (Å²) in [5, 5.41) is 9.26. The van der Waals surface area contributed by atoms with Gasteiger partial charge in [-0.25, -0.2) is 0 Å². The van der Waals surface area contributed by atoms with Gasteiger partial charge >= 0.3 is 0 Å². The third kappa shape index (κ3) is 1.94. The molecule has 0 saturated carbocycles. The van der Waals surface area contributed by atoms with E-state index in [0.717, 1.165) is 18.4 Å². The van der Waals surface area contributed by atoms with Crippen LogP contribution in [0.25, 0.3) is 0 Å². The van der Waals surface area contributed by atoms with Crippen LogP contribution in [0.3, 0.4) is 0 Å². The third-order valence-electron chi connectivity index (χ3n) is 2.72. The first-order valence-electron chi connectivity index (χ1n) is 4.96. The van der Waals surface area contributed by atoms with Gasteiger partial charge in [0.15, 0.2) is 0 Å². The lowest BCUT2D eigenvalue weighted by Crippen LogP contribution is -2.26. The molecule has 1 unspecified atom stereocenters. The van der Waals surface area contributed by atoms with Crippen molar-refractivity contribution in [2.75, 3.05) is 6.54 Å². The monoisotopic (exact) mass is 188 g/mol. The molecule has 0 aliphatic heterocycles. The number of hydrogen-bond acceptors (Lipinski definition) is 2. The van der Waals surface area contributed by atoms with Crippen molar-refractivity contribution in [3.63, 3.8) is 0 Å². The molecular formula is C12H16N2. The largest absolute Gasteiger partial charge is 0.330 e. The number of nitrogens with two attached hydrogens (primary N) is 1. The molecule has 74 valence electrons. The maximum atomic E-state index is 9.26. The Hall–Kier alpha value is -1.33. The van der Waals surface area contributed by atoms with Crippen LogP contribution in [0.15, 0.2) is 30.3 Å². The Balaban J connectivity index is 3.06. The number of benzene rings is 1. The van der Waals surface area contributed by atoms with Gasteiger partial charge in [-0.05, 0) is 24.9 Å². The van der Waals surface area contributed by atoms with Crippen molar-refractivity contribution in [1.82, 2.24) is 0 Å². The van der Waals surface area contributed by atoms with Crippen LogP contribution in [0.1, 0.15) is 25.3 Å². The summed E-state index contributed by atoms with van der Waals surface area (Å²) in [6.07, 6.45) is 1.54. The van der Waals surface area contributed by atoms with E-state index in [-0.39, 0.29) is 0 Å². The SMILES string of the molecule is CCC(C#N)(CCN)c1ccccc1. The molecule has 0 amide bonds. The van der Waals surface area contributed by atoms with Crippen LogP contribution in [0.4, 0.5) is 0 Å². The Bertz CT molecular complexity index is 313. The summed E-state index contributed by atoms with van der Waals surface area (Å²) in [5.74, 6) is 0. The van der Waals surface area contributed by atoms with E-state index in [1.54, 1.807) is 0 Å². The van der Waals surface area contributed by atoms with Crippen LogP contribution in [0.5, 0.6) is 0 Å². The molecule has 2 nitrogen and oxygen atoms in total. The van der Waals surface area contributed by atoms with E-state index in [1.807, 2.05) is 37.3 Å². The van der Waals surface area contributed by atoms with E-state index in [2.05, 4.69) is 6.07 Å². The lowest BCUT2D eigenvalue weighted by atomic mass is 9.77. The minimum absolute atomic E-state index is 0.393. The van der Waals surface area contributed by atoms with Gasteiger partial charge in [-0.15, -0.1) is 0 Å². The van der Waals surface area contributed by atoms with Crippen LogP contribution in [0.2, 0.25) is 0 Å². The molecule has 1 atom stereocenters.